The minimum atomic E-state index is -0.393. The van der Waals surface area contributed by atoms with Crippen molar-refractivity contribution < 1.29 is 13.6 Å². The van der Waals surface area contributed by atoms with E-state index < -0.39 is 5.82 Å². The largest absolute Gasteiger partial charge is 0.436 e. The Bertz CT molecular complexity index is 1140. The number of thioether (sulfide) groups is 1. The second-order valence-electron chi connectivity index (χ2n) is 6.33. The number of fused-ring (bicyclic) bond motifs is 1. The van der Waals surface area contributed by atoms with Crippen LogP contribution in [0.25, 0.3) is 22.6 Å². The number of aryl methyl sites for hydroxylation is 1. The van der Waals surface area contributed by atoms with Crippen LogP contribution < -0.4 is 5.32 Å². The van der Waals surface area contributed by atoms with Gasteiger partial charge in [-0.05, 0) is 49.4 Å². The minimum absolute atomic E-state index is 0.109. The molecular weight excluding hydrogens is 375 g/mol. The molecule has 0 saturated heterocycles. The standard InChI is InChI=1S/C22H17FN2O2S/c1-14-6-9-16(10-7-14)28-13-21(26)24-15-8-11-20-19(12-15)25-22(27-20)17-4-2-3-5-18(17)23/h2-12H,13H2,1H3,(H,24,26). The summed E-state index contributed by atoms with van der Waals surface area (Å²) in [6.45, 7) is 2.03. The predicted octanol–water partition coefficient (Wildman–Crippen LogP) is 5.67. The van der Waals surface area contributed by atoms with Crippen LogP contribution >= 0.6 is 11.8 Å². The SMILES string of the molecule is Cc1ccc(SCC(=O)Nc2ccc3oc(-c4ccccc4F)nc3c2)cc1. The molecule has 0 radical (unpaired) electrons. The molecule has 6 heteroatoms. The van der Waals surface area contributed by atoms with Crippen molar-refractivity contribution >= 4 is 34.5 Å². The number of hydrogen-bond acceptors (Lipinski definition) is 4. The number of rotatable bonds is 5. The molecule has 28 heavy (non-hydrogen) atoms. The van der Waals surface area contributed by atoms with Gasteiger partial charge in [0.15, 0.2) is 5.58 Å². The van der Waals surface area contributed by atoms with Crippen molar-refractivity contribution in [2.75, 3.05) is 11.1 Å². The number of aromatic nitrogens is 1. The third-order valence-corrected chi connectivity index (χ3v) is 5.18. The van der Waals surface area contributed by atoms with Gasteiger partial charge in [0.25, 0.3) is 0 Å². The van der Waals surface area contributed by atoms with Gasteiger partial charge in [0.2, 0.25) is 11.8 Å². The number of anilines is 1. The number of oxazole rings is 1. The average molecular weight is 392 g/mol. The first-order valence-corrected chi connectivity index (χ1v) is 9.72. The van der Waals surface area contributed by atoms with Gasteiger partial charge < -0.3 is 9.73 Å². The van der Waals surface area contributed by atoms with Crippen molar-refractivity contribution in [3.8, 4) is 11.5 Å². The summed E-state index contributed by atoms with van der Waals surface area (Å²) in [7, 11) is 0. The summed E-state index contributed by atoms with van der Waals surface area (Å²) in [4.78, 5) is 17.6. The number of nitrogens with zero attached hydrogens (tertiary/aromatic N) is 1. The van der Waals surface area contributed by atoms with Gasteiger partial charge in [-0.1, -0.05) is 29.8 Å². The first-order chi connectivity index (χ1) is 13.6. The van der Waals surface area contributed by atoms with Gasteiger partial charge in [0, 0.05) is 10.6 Å². The maximum absolute atomic E-state index is 13.9. The van der Waals surface area contributed by atoms with Gasteiger partial charge >= 0.3 is 0 Å². The van der Waals surface area contributed by atoms with Crippen LogP contribution in [0.2, 0.25) is 0 Å². The third-order valence-electron chi connectivity index (χ3n) is 4.17. The number of halogens is 1. The van der Waals surface area contributed by atoms with Gasteiger partial charge in [-0.2, -0.15) is 0 Å². The van der Waals surface area contributed by atoms with E-state index in [-0.39, 0.29) is 11.8 Å². The lowest BCUT2D eigenvalue weighted by Gasteiger charge is -2.05. The van der Waals surface area contributed by atoms with Crippen LogP contribution in [0.5, 0.6) is 0 Å². The molecule has 1 heterocycles. The zero-order valence-electron chi connectivity index (χ0n) is 15.1. The highest BCUT2D eigenvalue weighted by atomic mass is 32.2. The van der Waals surface area contributed by atoms with Gasteiger partial charge in [0.05, 0.1) is 11.3 Å². The van der Waals surface area contributed by atoms with Crippen molar-refractivity contribution in [3.63, 3.8) is 0 Å². The van der Waals surface area contributed by atoms with Crippen molar-refractivity contribution in [1.29, 1.82) is 0 Å². The summed E-state index contributed by atoms with van der Waals surface area (Å²) in [6.07, 6.45) is 0. The number of carbonyl (C=O) groups is 1. The summed E-state index contributed by atoms with van der Waals surface area (Å²) >= 11 is 1.48. The van der Waals surface area contributed by atoms with E-state index in [1.807, 2.05) is 31.2 Å². The molecule has 0 aliphatic carbocycles. The monoisotopic (exact) mass is 392 g/mol. The maximum atomic E-state index is 13.9. The van der Waals surface area contributed by atoms with Crippen LogP contribution in [0.3, 0.4) is 0 Å². The number of nitrogens with one attached hydrogen (secondary N) is 1. The van der Waals surface area contributed by atoms with Crippen LogP contribution in [0, 0.1) is 12.7 Å². The van der Waals surface area contributed by atoms with E-state index in [1.165, 1.54) is 23.4 Å². The minimum Gasteiger partial charge on any atom is -0.436 e. The molecule has 0 aliphatic heterocycles. The van der Waals surface area contributed by atoms with Gasteiger partial charge in [-0.15, -0.1) is 11.8 Å². The van der Waals surface area contributed by atoms with E-state index in [2.05, 4.69) is 10.3 Å². The third kappa shape index (κ3) is 4.07. The zero-order chi connectivity index (χ0) is 19.5. The van der Waals surface area contributed by atoms with Crippen molar-refractivity contribution in [1.82, 2.24) is 4.98 Å². The van der Waals surface area contributed by atoms with E-state index in [0.717, 1.165) is 4.90 Å². The maximum Gasteiger partial charge on any atom is 0.234 e. The summed E-state index contributed by atoms with van der Waals surface area (Å²) < 4.78 is 19.6. The van der Waals surface area contributed by atoms with Crippen LogP contribution in [-0.4, -0.2) is 16.6 Å². The Morgan fingerprint density at radius 3 is 2.68 bits per heavy atom. The molecule has 0 fully saturated rings. The van der Waals surface area contributed by atoms with E-state index in [9.17, 15) is 9.18 Å². The molecule has 0 spiro atoms. The van der Waals surface area contributed by atoms with Crippen molar-refractivity contribution in [3.05, 3.63) is 78.1 Å². The predicted molar refractivity (Wildman–Crippen MR) is 110 cm³/mol. The Morgan fingerprint density at radius 1 is 1.11 bits per heavy atom. The van der Waals surface area contributed by atoms with Crippen LogP contribution in [-0.2, 0) is 4.79 Å². The highest BCUT2D eigenvalue weighted by Crippen LogP contribution is 2.28. The first kappa shape index (κ1) is 18.3. The van der Waals surface area contributed by atoms with E-state index in [1.54, 1.807) is 36.4 Å². The Labute approximate surface area is 165 Å². The Morgan fingerprint density at radius 2 is 1.89 bits per heavy atom. The Kier molecular flexibility index (Phi) is 5.12. The highest BCUT2D eigenvalue weighted by molar-refractivity contribution is 8.00. The highest BCUT2D eigenvalue weighted by Gasteiger charge is 2.13. The fraction of sp³-hybridized carbons (Fsp3) is 0.0909. The lowest BCUT2D eigenvalue weighted by Crippen LogP contribution is -2.13. The molecule has 4 rings (SSSR count). The lowest BCUT2D eigenvalue weighted by molar-refractivity contribution is -0.113. The number of carbonyl (C=O) groups excluding carboxylic acids is 1. The summed E-state index contributed by atoms with van der Waals surface area (Å²) in [5, 5.41) is 2.86. The molecule has 0 saturated carbocycles. The summed E-state index contributed by atoms with van der Waals surface area (Å²) in [5.41, 5.74) is 3.20. The second-order valence-corrected chi connectivity index (χ2v) is 7.38. The van der Waals surface area contributed by atoms with E-state index in [0.29, 0.717) is 28.1 Å². The molecule has 140 valence electrons. The molecule has 3 aromatic carbocycles. The number of benzene rings is 3. The summed E-state index contributed by atoms with van der Waals surface area (Å²) in [5.74, 6) is 0.0189. The van der Waals surface area contributed by atoms with E-state index >= 15 is 0 Å². The van der Waals surface area contributed by atoms with Gasteiger partial charge in [-0.25, -0.2) is 9.37 Å². The van der Waals surface area contributed by atoms with Gasteiger partial charge in [0.1, 0.15) is 11.3 Å². The average Bonchev–Trinajstić information content (AvgIpc) is 3.11. The molecule has 1 amide bonds. The zero-order valence-corrected chi connectivity index (χ0v) is 15.9. The fourth-order valence-electron chi connectivity index (χ4n) is 2.74. The second kappa shape index (κ2) is 7.86. The summed E-state index contributed by atoms with van der Waals surface area (Å²) in [6, 6.07) is 19.5. The molecule has 1 aromatic heterocycles. The Hall–Kier alpha value is -3.12. The lowest BCUT2D eigenvalue weighted by atomic mass is 10.2. The fourth-order valence-corrected chi connectivity index (χ4v) is 3.43. The molecule has 4 aromatic rings. The molecule has 0 aliphatic rings. The number of amides is 1. The quantitative estimate of drug-likeness (QED) is 0.445. The molecule has 0 atom stereocenters. The molecule has 0 bridgehead atoms. The normalized spacial score (nSPS) is 10.9. The van der Waals surface area contributed by atoms with Crippen molar-refractivity contribution in [2.24, 2.45) is 0 Å². The van der Waals surface area contributed by atoms with Crippen LogP contribution in [0.15, 0.2) is 76.0 Å². The topological polar surface area (TPSA) is 55.1 Å². The van der Waals surface area contributed by atoms with Crippen molar-refractivity contribution in [2.45, 2.75) is 11.8 Å². The molecule has 1 N–H and O–H groups in total. The van der Waals surface area contributed by atoms with Crippen LogP contribution in [0.1, 0.15) is 5.56 Å². The Balaban J connectivity index is 1.46. The first-order valence-electron chi connectivity index (χ1n) is 8.73. The smallest absolute Gasteiger partial charge is 0.234 e. The van der Waals surface area contributed by atoms with Gasteiger partial charge in [-0.3, -0.25) is 4.79 Å². The molecule has 0 unspecified atom stereocenters. The molecule has 4 nitrogen and oxygen atoms in total. The number of hydrogen-bond donors (Lipinski definition) is 1. The van der Waals surface area contributed by atoms with Crippen LogP contribution in [0.4, 0.5) is 10.1 Å². The molecular formula is C22H17FN2O2S. The van der Waals surface area contributed by atoms with E-state index in [4.69, 9.17) is 4.42 Å².